The van der Waals surface area contributed by atoms with Crippen LogP contribution in [0.2, 0.25) is 0 Å². The van der Waals surface area contributed by atoms with E-state index in [2.05, 4.69) is 0 Å². The summed E-state index contributed by atoms with van der Waals surface area (Å²) in [4.78, 5) is 23.8. The molecule has 108 valence electrons. The molecule has 0 spiro atoms. The number of morpholine rings is 1. The van der Waals surface area contributed by atoms with Gasteiger partial charge in [-0.1, -0.05) is 0 Å². The molecule has 20 heavy (non-hydrogen) atoms. The normalized spacial score (nSPS) is 22.6. The monoisotopic (exact) mass is 279 g/mol. The third kappa shape index (κ3) is 2.88. The van der Waals surface area contributed by atoms with Gasteiger partial charge in [-0.2, -0.15) is 0 Å². The number of nitrogens with zero attached hydrogens (tertiary/aromatic N) is 2. The van der Waals surface area contributed by atoms with Crippen LogP contribution in [0.1, 0.15) is 24.2 Å². The van der Waals surface area contributed by atoms with Crippen LogP contribution in [0.15, 0.2) is 18.2 Å². The number of amides is 1. The van der Waals surface area contributed by atoms with Gasteiger partial charge < -0.3 is 15.4 Å². The molecule has 0 radical (unpaired) electrons. The molecule has 1 saturated heterocycles. The van der Waals surface area contributed by atoms with Gasteiger partial charge in [0, 0.05) is 25.2 Å². The van der Waals surface area contributed by atoms with Crippen molar-refractivity contribution in [2.75, 3.05) is 18.0 Å². The average Bonchev–Trinajstić information content (AvgIpc) is 2.36. The van der Waals surface area contributed by atoms with E-state index in [1.54, 1.807) is 6.07 Å². The van der Waals surface area contributed by atoms with E-state index in [0.717, 1.165) is 0 Å². The number of nitro groups is 1. The van der Waals surface area contributed by atoms with Crippen LogP contribution in [-0.4, -0.2) is 36.1 Å². The Morgan fingerprint density at radius 1 is 1.40 bits per heavy atom. The summed E-state index contributed by atoms with van der Waals surface area (Å²) in [5.41, 5.74) is 5.98. The fourth-order valence-corrected chi connectivity index (χ4v) is 2.49. The van der Waals surface area contributed by atoms with Crippen LogP contribution in [0.4, 0.5) is 11.4 Å². The number of nitro benzene ring substituents is 1. The van der Waals surface area contributed by atoms with Gasteiger partial charge in [-0.25, -0.2) is 0 Å². The predicted molar refractivity (Wildman–Crippen MR) is 73.8 cm³/mol. The van der Waals surface area contributed by atoms with Crippen molar-refractivity contribution in [3.05, 3.63) is 33.9 Å². The second kappa shape index (κ2) is 5.46. The number of carbonyl (C=O) groups is 1. The van der Waals surface area contributed by atoms with Crippen molar-refractivity contribution in [1.29, 1.82) is 0 Å². The Bertz CT molecular complexity index is 536. The van der Waals surface area contributed by atoms with Gasteiger partial charge >= 0.3 is 0 Å². The molecule has 1 aliphatic rings. The largest absolute Gasteiger partial charge is 0.372 e. The van der Waals surface area contributed by atoms with Crippen molar-refractivity contribution in [3.8, 4) is 0 Å². The lowest BCUT2D eigenvalue weighted by Gasteiger charge is -2.37. The second-order valence-electron chi connectivity index (χ2n) is 4.99. The highest BCUT2D eigenvalue weighted by atomic mass is 16.6. The number of benzene rings is 1. The third-order valence-corrected chi connectivity index (χ3v) is 3.22. The minimum atomic E-state index is -0.671. The van der Waals surface area contributed by atoms with Crippen molar-refractivity contribution in [3.63, 3.8) is 0 Å². The zero-order valence-corrected chi connectivity index (χ0v) is 11.4. The molecule has 7 nitrogen and oxygen atoms in total. The van der Waals surface area contributed by atoms with Crippen LogP contribution in [0, 0.1) is 10.1 Å². The van der Waals surface area contributed by atoms with E-state index in [9.17, 15) is 14.9 Å². The van der Waals surface area contributed by atoms with Gasteiger partial charge in [-0.15, -0.1) is 0 Å². The SMILES string of the molecule is C[C@@H]1CN(c2ccc([N+](=O)[O-])cc2C(N)=O)C[C@@H](C)O1. The lowest BCUT2D eigenvalue weighted by Crippen LogP contribution is -2.46. The summed E-state index contributed by atoms with van der Waals surface area (Å²) in [6, 6.07) is 4.18. The smallest absolute Gasteiger partial charge is 0.270 e. The van der Waals surface area contributed by atoms with Crippen molar-refractivity contribution < 1.29 is 14.5 Å². The molecule has 1 aliphatic heterocycles. The summed E-state index contributed by atoms with van der Waals surface area (Å²) in [7, 11) is 0. The Balaban J connectivity index is 2.40. The maximum atomic E-state index is 11.5. The third-order valence-electron chi connectivity index (χ3n) is 3.22. The first-order chi connectivity index (χ1) is 9.38. The highest BCUT2D eigenvalue weighted by molar-refractivity contribution is 5.99. The van der Waals surface area contributed by atoms with E-state index in [1.165, 1.54) is 12.1 Å². The summed E-state index contributed by atoms with van der Waals surface area (Å²) < 4.78 is 5.63. The molecule has 1 heterocycles. The molecule has 0 saturated carbocycles. The van der Waals surface area contributed by atoms with Crippen LogP contribution in [0.25, 0.3) is 0 Å². The fraction of sp³-hybridized carbons (Fsp3) is 0.462. The standard InChI is InChI=1S/C13H17N3O4/c1-8-6-15(7-9(2)20-8)12-4-3-10(16(18)19)5-11(12)13(14)17/h3-5,8-9H,6-7H2,1-2H3,(H2,14,17)/t8-,9-/m1/s1. The molecule has 0 bridgehead atoms. The van der Waals surface area contributed by atoms with Gasteiger partial charge in [0.15, 0.2) is 0 Å². The first-order valence-electron chi connectivity index (χ1n) is 6.37. The first kappa shape index (κ1) is 14.3. The number of primary amides is 1. The van der Waals surface area contributed by atoms with Gasteiger partial charge in [-0.05, 0) is 19.9 Å². The Labute approximate surface area is 116 Å². The maximum absolute atomic E-state index is 11.5. The minimum Gasteiger partial charge on any atom is -0.372 e. The summed E-state index contributed by atoms with van der Waals surface area (Å²) in [5.74, 6) is -0.671. The van der Waals surface area contributed by atoms with E-state index < -0.39 is 10.8 Å². The van der Waals surface area contributed by atoms with Gasteiger partial charge in [0.2, 0.25) is 0 Å². The number of hydrogen-bond donors (Lipinski definition) is 1. The zero-order valence-electron chi connectivity index (χ0n) is 11.4. The lowest BCUT2D eigenvalue weighted by atomic mass is 10.1. The molecule has 2 atom stereocenters. The minimum absolute atomic E-state index is 0.0228. The van der Waals surface area contributed by atoms with Crippen molar-refractivity contribution in [2.24, 2.45) is 5.73 Å². The molecule has 2 N–H and O–H groups in total. The van der Waals surface area contributed by atoms with E-state index in [4.69, 9.17) is 10.5 Å². The maximum Gasteiger partial charge on any atom is 0.270 e. The first-order valence-corrected chi connectivity index (χ1v) is 6.37. The molecule has 0 unspecified atom stereocenters. The average molecular weight is 279 g/mol. The fourth-order valence-electron chi connectivity index (χ4n) is 2.49. The van der Waals surface area contributed by atoms with E-state index >= 15 is 0 Å². The Kier molecular flexibility index (Phi) is 3.89. The van der Waals surface area contributed by atoms with Crippen molar-refractivity contribution >= 4 is 17.3 Å². The van der Waals surface area contributed by atoms with Gasteiger partial charge in [-0.3, -0.25) is 14.9 Å². The van der Waals surface area contributed by atoms with Gasteiger partial charge in [0.05, 0.1) is 28.4 Å². The van der Waals surface area contributed by atoms with Crippen molar-refractivity contribution in [1.82, 2.24) is 0 Å². The van der Waals surface area contributed by atoms with E-state index in [1.807, 2.05) is 18.7 Å². The molecular weight excluding hydrogens is 262 g/mol. The quantitative estimate of drug-likeness (QED) is 0.664. The number of non-ortho nitro benzene ring substituents is 1. The molecular formula is C13H17N3O4. The van der Waals surface area contributed by atoms with Crippen LogP contribution >= 0.6 is 0 Å². The number of nitrogens with two attached hydrogens (primary N) is 1. The van der Waals surface area contributed by atoms with Crippen LogP contribution in [-0.2, 0) is 4.74 Å². The van der Waals surface area contributed by atoms with E-state index in [-0.39, 0.29) is 23.5 Å². The van der Waals surface area contributed by atoms with Gasteiger partial charge in [0.25, 0.3) is 11.6 Å². The molecule has 0 aromatic heterocycles. The Morgan fingerprint density at radius 2 is 2.00 bits per heavy atom. The molecule has 2 rings (SSSR count). The van der Waals surface area contributed by atoms with Crippen LogP contribution in [0.5, 0.6) is 0 Å². The second-order valence-corrected chi connectivity index (χ2v) is 4.99. The number of anilines is 1. The highest BCUT2D eigenvalue weighted by Crippen LogP contribution is 2.27. The van der Waals surface area contributed by atoms with Crippen LogP contribution < -0.4 is 10.6 Å². The summed E-state index contributed by atoms with van der Waals surface area (Å²) in [5, 5.41) is 10.8. The molecule has 1 fully saturated rings. The number of hydrogen-bond acceptors (Lipinski definition) is 5. The van der Waals surface area contributed by atoms with Crippen molar-refractivity contribution in [2.45, 2.75) is 26.1 Å². The summed E-state index contributed by atoms with van der Waals surface area (Å²) >= 11 is 0. The Morgan fingerprint density at radius 3 is 2.50 bits per heavy atom. The summed E-state index contributed by atoms with van der Waals surface area (Å²) in [6.07, 6.45) is 0.0457. The lowest BCUT2D eigenvalue weighted by molar-refractivity contribution is -0.384. The zero-order chi connectivity index (χ0) is 14.9. The molecule has 0 aliphatic carbocycles. The van der Waals surface area contributed by atoms with Gasteiger partial charge in [0.1, 0.15) is 0 Å². The topological polar surface area (TPSA) is 98.7 Å². The molecule has 1 aromatic carbocycles. The Hall–Kier alpha value is -2.15. The molecule has 1 amide bonds. The molecule has 1 aromatic rings. The highest BCUT2D eigenvalue weighted by Gasteiger charge is 2.26. The number of carbonyl (C=O) groups excluding carboxylic acids is 1. The van der Waals surface area contributed by atoms with Crippen LogP contribution in [0.3, 0.4) is 0 Å². The number of ether oxygens (including phenoxy) is 1. The number of rotatable bonds is 3. The predicted octanol–water partition coefficient (Wildman–Crippen LogP) is 1.31. The summed E-state index contributed by atoms with van der Waals surface area (Å²) in [6.45, 7) is 5.11. The van der Waals surface area contributed by atoms with E-state index in [0.29, 0.717) is 18.8 Å². The molecule has 7 heteroatoms.